The molecule has 1 atom stereocenters. The van der Waals surface area contributed by atoms with E-state index >= 15 is 0 Å². The summed E-state index contributed by atoms with van der Waals surface area (Å²) in [5.74, 6) is -1.30. The van der Waals surface area contributed by atoms with Gasteiger partial charge in [-0.2, -0.15) is 0 Å². The molecule has 0 saturated carbocycles. The number of amides is 2. The van der Waals surface area contributed by atoms with Crippen LogP contribution in [0.3, 0.4) is 0 Å². The highest BCUT2D eigenvalue weighted by Crippen LogP contribution is 2.40. The SMILES string of the molecule is CC[C@@H]1CCc2c(sc(NC(=O)COCC(=O)O)c2C(=O)Nc2cccc(C)c2)C1. The van der Waals surface area contributed by atoms with Gasteiger partial charge in [-0.05, 0) is 55.4 Å². The number of carboxylic acids is 1. The number of hydrogen-bond donors (Lipinski definition) is 3. The predicted molar refractivity (Wildman–Crippen MR) is 116 cm³/mol. The van der Waals surface area contributed by atoms with Gasteiger partial charge in [-0.1, -0.05) is 25.5 Å². The highest BCUT2D eigenvalue weighted by atomic mass is 32.1. The van der Waals surface area contributed by atoms with Gasteiger partial charge in [0, 0.05) is 10.6 Å². The first-order valence-corrected chi connectivity index (χ1v) is 10.8. The number of aliphatic carboxylic acids is 1. The fourth-order valence-corrected chi connectivity index (χ4v) is 5.02. The zero-order valence-electron chi connectivity index (χ0n) is 17.1. The van der Waals surface area contributed by atoms with Gasteiger partial charge in [0.25, 0.3) is 11.8 Å². The second kappa shape index (κ2) is 9.86. The molecule has 0 aliphatic heterocycles. The van der Waals surface area contributed by atoms with Crippen molar-refractivity contribution < 1.29 is 24.2 Å². The lowest BCUT2D eigenvalue weighted by Crippen LogP contribution is -2.23. The van der Waals surface area contributed by atoms with E-state index in [0.29, 0.717) is 22.2 Å². The molecule has 0 bridgehead atoms. The average Bonchev–Trinajstić information content (AvgIpc) is 3.04. The maximum atomic E-state index is 13.2. The van der Waals surface area contributed by atoms with Gasteiger partial charge in [0.2, 0.25) is 0 Å². The van der Waals surface area contributed by atoms with Crippen LogP contribution in [0.4, 0.5) is 10.7 Å². The molecule has 8 heteroatoms. The van der Waals surface area contributed by atoms with E-state index < -0.39 is 18.5 Å². The van der Waals surface area contributed by atoms with E-state index in [2.05, 4.69) is 17.6 Å². The lowest BCUT2D eigenvalue weighted by atomic mass is 9.85. The first kappa shape index (κ1) is 22.0. The Labute approximate surface area is 179 Å². The van der Waals surface area contributed by atoms with E-state index in [-0.39, 0.29) is 12.5 Å². The van der Waals surface area contributed by atoms with Crippen LogP contribution in [0.1, 0.15) is 46.1 Å². The summed E-state index contributed by atoms with van der Waals surface area (Å²) in [4.78, 5) is 37.1. The van der Waals surface area contributed by atoms with Gasteiger partial charge in [-0.3, -0.25) is 9.59 Å². The van der Waals surface area contributed by atoms with Crippen LogP contribution in [0.2, 0.25) is 0 Å². The van der Waals surface area contributed by atoms with Crippen LogP contribution in [0, 0.1) is 12.8 Å². The number of aryl methyl sites for hydroxylation is 1. The molecule has 1 aliphatic carbocycles. The van der Waals surface area contributed by atoms with Crippen LogP contribution in [0.25, 0.3) is 0 Å². The maximum Gasteiger partial charge on any atom is 0.329 e. The van der Waals surface area contributed by atoms with Gasteiger partial charge >= 0.3 is 5.97 Å². The predicted octanol–water partition coefficient (Wildman–Crippen LogP) is 3.86. The number of carbonyl (C=O) groups is 3. The van der Waals surface area contributed by atoms with E-state index in [9.17, 15) is 14.4 Å². The molecule has 1 heterocycles. The molecule has 0 unspecified atom stereocenters. The Hall–Kier alpha value is -2.71. The third kappa shape index (κ3) is 5.46. The van der Waals surface area contributed by atoms with Crippen molar-refractivity contribution >= 4 is 39.8 Å². The molecular formula is C22H26N2O5S. The lowest BCUT2D eigenvalue weighted by Gasteiger charge is -2.21. The summed E-state index contributed by atoms with van der Waals surface area (Å²) < 4.78 is 4.87. The average molecular weight is 431 g/mol. The number of thiophene rings is 1. The Morgan fingerprint density at radius 3 is 2.73 bits per heavy atom. The number of fused-ring (bicyclic) bond motifs is 1. The van der Waals surface area contributed by atoms with Crippen molar-refractivity contribution in [1.82, 2.24) is 0 Å². The number of hydrogen-bond acceptors (Lipinski definition) is 5. The lowest BCUT2D eigenvalue weighted by molar-refractivity contribution is -0.143. The topological polar surface area (TPSA) is 105 Å². The Kier molecular flexibility index (Phi) is 7.23. The summed E-state index contributed by atoms with van der Waals surface area (Å²) in [6.45, 7) is 3.19. The van der Waals surface area contributed by atoms with Crippen molar-refractivity contribution in [3.05, 3.63) is 45.8 Å². The zero-order chi connectivity index (χ0) is 21.7. The van der Waals surface area contributed by atoms with Crippen molar-refractivity contribution in [1.29, 1.82) is 0 Å². The Bertz CT molecular complexity index is 953. The third-order valence-electron chi connectivity index (χ3n) is 5.16. The minimum atomic E-state index is -1.14. The van der Waals surface area contributed by atoms with Crippen LogP contribution >= 0.6 is 11.3 Å². The van der Waals surface area contributed by atoms with Crippen molar-refractivity contribution in [3.63, 3.8) is 0 Å². The number of anilines is 2. The number of nitrogens with one attached hydrogen (secondary N) is 2. The van der Waals surface area contributed by atoms with Gasteiger partial charge in [-0.15, -0.1) is 11.3 Å². The van der Waals surface area contributed by atoms with Crippen molar-refractivity contribution in [2.24, 2.45) is 5.92 Å². The second-order valence-electron chi connectivity index (χ2n) is 7.48. The van der Waals surface area contributed by atoms with Crippen LogP contribution in [-0.2, 0) is 27.2 Å². The number of carboxylic acid groups (broad SMARTS) is 1. The fraction of sp³-hybridized carbons (Fsp3) is 0.409. The van der Waals surface area contributed by atoms with E-state index in [1.54, 1.807) is 0 Å². The summed E-state index contributed by atoms with van der Waals surface area (Å²) in [6.07, 6.45) is 3.78. The van der Waals surface area contributed by atoms with Gasteiger partial charge < -0.3 is 20.5 Å². The molecule has 0 spiro atoms. The van der Waals surface area contributed by atoms with Crippen LogP contribution in [0.15, 0.2) is 24.3 Å². The molecule has 7 nitrogen and oxygen atoms in total. The standard InChI is InChI=1S/C22H26N2O5S/c1-3-14-7-8-16-17(10-14)30-22(24-18(25)11-29-12-19(26)27)20(16)21(28)23-15-6-4-5-13(2)9-15/h4-6,9,14H,3,7-8,10-12H2,1-2H3,(H,23,28)(H,24,25)(H,26,27)/t14-/m1/s1. The van der Waals surface area contributed by atoms with E-state index in [0.717, 1.165) is 41.7 Å². The summed E-state index contributed by atoms with van der Waals surface area (Å²) in [7, 11) is 0. The highest BCUT2D eigenvalue weighted by Gasteiger charge is 2.29. The van der Waals surface area contributed by atoms with E-state index in [1.165, 1.54) is 11.3 Å². The largest absolute Gasteiger partial charge is 0.480 e. The van der Waals surface area contributed by atoms with E-state index in [1.807, 2.05) is 31.2 Å². The Balaban J connectivity index is 1.83. The van der Waals surface area contributed by atoms with Gasteiger partial charge in [0.1, 0.15) is 18.2 Å². The molecule has 1 aromatic carbocycles. The molecule has 1 aliphatic rings. The van der Waals surface area contributed by atoms with Crippen LogP contribution in [-0.4, -0.2) is 36.1 Å². The zero-order valence-corrected chi connectivity index (χ0v) is 17.9. The van der Waals surface area contributed by atoms with Gasteiger partial charge in [-0.25, -0.2) is 4.79 Å². The smallest absolute Gasteiger partial charge is 0.329 e. The summed E-state index contributed by atoms with van der Waals surface area (Å²) >= 11 is 1.43. The Morgan fingerprint density at radius 1 is 1.23 bits per heavy atom. The molecule has 0 radical (unpaired) electrons. The summed E-state index contributed by atoms with van der Waals surface area (Å²) in [5.41, 5.74) is 3.23. The molecule has 1 aromatic heterocycles. The monoisotopic (exact) mass is 430 g/mol. The highest BCUT2D eigenvalue weighted by molar-refractivity contribution is 7.17. The molecule has 3 N–H and O–H groups in total. The van der Waals surface area contributed by atoms with Crippen LogP contribution in [0.5, 0.6) is 0 Å². The summed E-state index contributed by atoms with van der Waals surface area (Å²) in [6, 6.07) is 7.55. The molecular weight excluding hydrogens is 404 g/mol. The first-order chi connectivity index (χ1) is 14.4. The molecule has 0 fully saturated rings. The van der Waals surface area contributed by atoms with Crippen LogP contribution < -0.4 is 10.6 Å². The normalized spacial score (nSPS) is 15.3. The third-order valence-corrected chi connectivity index (χ3v) is 6.33. The first-order valence-electron chi connectivity index (χ1n) is 9.99. The van der Waals surface area contributed by atoms with Gasteiger partial charge in [0.15, 0.2) is 0 Å². The fourth-order valence-electron chi connectivity index (χ4n) is 3.64. The van der Waals surface area contributed by atoms with Gasteiger partial charge in [0.05, 0.1) is 5.56 Å². The Morgan fingerprint density at radius 2 is 2.03 bits per heavy atom. The molecule has 3 rings (SSSR count). The van der Waals surface area contributed by atoms with Crippen molar-refractivity contribution in [3.8, 4) is 0 Å². The minimum absolute atomic E-state index is 0.255. The maximum absolute atomic E-state index is 13.2. The quantitative estimate of drug-likeness (QED) is 0.590. The number of ether oxygens (including phenoxy) is 1. The molecule has 160 valence electrons. The number of rotatable bonds is 8. The summed E-state index contributed by atoms with van der Waals surface area (Å²) in [5, 5.41) is 14.8. The molecule has 0 saturated heterocycles. The number of carbonyl (C=O) groups excluding carboxylic acids is 2. The molecule has 30 heavy (non-hydrogen) atoms. The van der Waals surface area contributed by atoms with Crippen molar-refractivity contribution in [2.75, 3.05) is 23.8 Å². The van der Waals surface area contributed by atoms with E-state index in [4.69, 9.17) is 9.84 Å². The van der Waals surface area contributed by atoms with Crippen molar-refractivity contribution in [2.45, 2.75) is 39.5 Å². The number of benzene rings is 1. The molecule has 2 aromatic rings. The molecule has 2 amide bonds. The second-order valence-corrected chi connectivity index (χ2v) is 8.59. The minimum Gasteiger partial charge on any atom is -0.480 e.